The molecule has 3 heteroatoms. The van der Waals surface area contributed by atoms with E-state index in [2.05, 4.69) is 34.6 Å². The summed E-state index contributed by atoms with van der Waals surface area (Å²) in [4.78, 5) is 12.2. The van der Waals surface area contributed by atoms with Crippen LogP contribution in [0.15, 0.2) is 0 Å². The monoisotopic (exact) mass is 304 g/mol. The van der Waals surface area contributed by atoms with Crippen molar-refractivity contribution in [2.45, 2.75) is 73.0 Å². The average Bonchev–Trinajstić information content (AvgIpc) is 2.51. The van der Waals surface area contributed by atoms with Gasteiger partial charge in [0.25, 0.3) is 0 Å². The highest BCUT2D eigenvalue weighted by Crippen LogP contribution is 2.28. The van der Waals surface area contributed by atoms with Crippen LogP contribution < -0.4 is 0 Å². The molecule has 0 atom stereocenters. The summed E-state index contributed by atoms with van der Waals surface area (Å²) in [5.41, 5.74) is 7.50. The Balaban J connectivity index is 2.07. The lowest BCUT2D eigenvalue weighted by atomic mass is 9.87. The zero-order valence-electron chi connectivity index (χ0n) is 14.5. The highest BCUT2D eigenvalue weighted by molar-refractivity contribution is 5.72. The number of carbonyl (C=O) groups is 1. The highest BCUT2D eigenvalue weighted by Gasteiger charge is 2.26. The number of aliphatic hydroxyl groups is 1. The van der Waals surface area contributed by atoms with Crippen molar-refractivity contribution in [2.75, 3.05) is 0 Å². The minimum absolute atomic E-state index is 0.0448. The maximum Gasteiger partial charge on any atom is 0.309 e. The van der Waals surface area contributed by atoms with Gasteiger partial charge in [-0.15, -0.1) is 0 Å². The van der Waals surface area contributed by atoms with Gasteiger partial charge in [-0.3, -0.25) is 4.79 Å². The predicted octanol–water partition coefficient (Wildman–Crippen LogP) is 3.82. The van der Waals surface area contributed by atoms with Gasteiger partial charge >= 0.3 is 5.97 Å². The fourth-order valence-electron chi connectivity index (χ4n) is 3.37. The molecule has 1 N–H and O–H groups in total. The number of hydrogen-bond acceptors (Lipinski definition) is 3. The van der Waals surface area contributed by atoms with Gasteiger partial charge < -0.3 is 9.84 Å². The van der Waals surface area contributed by atoms with Gasteiger partial charge in [-0.2, -0.15) is 0 Å². The second-order valence-corrected chi connectivity index (χ2v) is 6.72. The quantitative estimate of drug-likeness (QED) is 0.863. The molecular formula is C19H28O3. The van der Waals surface area contributed by atoms with Gasteiger partial charge in [0.15, 0.2) is 0 Å². The van der Waals surface area contributed by atoms with Gasteiger partial charge in [-0.05, 0) is 93.7 Å². The summed E-state index contributed by atoms with van der Waals surface area (Å²) >= 11 is 0. The zero-order chi connectivity index (χ0) is 16.4. The third-order valence-electron chi connectivity index (χ3n) is 5.54. The summed E-state index contributed by atoms with van der Waals surface area (Å²) < 4.78 is 5.59. The summed E-state index contributed by atoms with van der Waals surface area (Å²) in [6.07, 6.45) is 2.66. The number of carbonyl (C=O) groups excluding carboxylic acids is 1. The molecule has 0 heterocycles. The molecule has 1 fully saturated rings. The molecule has 3 nitrogen and oxygen atoms in total. The Morgan fingerprint density at radius 1 is 0.909 bits per heavy atom. The molecule has 0 bridgehead atoms. The second kappa shape index (κ2) is 6.82. The first-order valence-electron chi connectivity index (χ1n) is 8.23. The molecule has 122 valence electrons. The maximum atomic E-state index is 12.2. The molecule has 0 spiro atoms. The Morgan fingerprint density at radius 3 is 1.86 bits per heavy atom. The molecule has 1 aliphatic rings. The molecule has 0 amide bonds. The number of ether oxygens (including phenoxy) is 1. The predicted molar refractivity (Wildman–Crippen MR) is 87.9 cm³/mol. The van der Waals surface area contributed by atoms with E-state index in [1.165, 1.54) is 27.8 Å². The Labute approximate surface area is 133 Å². The lowest BCUT2D eigenvalue weighted by Crippen LogP contribution is -2.26. The Kier molecular flexibility index (Phi) is 5.28. The first-order chi connectivity index (χ1) is 10.3. The second-order valence-electron chi connectivity index (χ2n) is 6.72. The third-order valence-corrected chi connectivity index (χ3v) is 5.54. The molecule has 0 aromatic heterocycles. The SMILES string of the molecule is Cc1c(C)c(C)c(COC(=O)C2CCC(O)CC2)c(C)c1C. The van der Waals surface area contributed by atoms with Crippen molar-refractivity contribution in [3.63, 3.8) is 0 Å². The lowest BCUT2D eigenvalue weighted by Gasteiger charge is -2.24. The van der Waals surface area contributed by atoms with Crippen LogP contribution >= 0.6 is 0 Å². The Morgan fingerprint density at radius 2 is 1.36 bits per heavy atom. The highest BCUT2D eigenvalue weighted by atomic mass is 16.5. The van der Waals surface area contributed by atoms with E-state index >= 15 is 0 Å². The van der Waals surface area contributed by atoms with Crippen LogP contribution in [0.3, 0.4) is 0 Å². The first-order valence-corrected chi connectivity index (χ1v) is 8.23. The molecule has 1 aliphatic carbocycles. The number of rotatable bonds is 3. The van der Waals surface area contributed by atoms with Crippen molar-refractivity contribution >= 4 is 5.97 Å². The standard InChI is InChI=1S/C19H28O3/c1-11-12(2)14(4)18(15(5)13(11)3)10-22-19(21)16-6-8-17(20)9-7-16/h16-17,20H,6-10H2,1-5H3. The number of hydrogen-bond donors (Lipinski definition) is 1. The maximum absolute atomic E-state index is 12.2. The number of esters is 1. The first kappa shape index (κ1) is 17.0. The smallest absolute Gasteiger partial charge is 0.309 e. The molecule has 0 radical (unpaired) electrons. The van der Waals surface area contributed by atoms with Crippen LogP contribution in [0.4, 0.5) is 0 Å². The van der Waals surface area contributed by atoms with Gasteiger partial charge in [0.1, 0.15) is 6.61 Å². The topological polar surface area (TPSA) is 46.5 Å². The van der Waals surface area contributed by atoms with E-state index in [0.29, 0.717) is 19.4 Å². The number of aliphatic hydroxyl groups excluding tert-OH is 1. The molecular weight excluding hydrogens is 276 g/mol. The molecule has 22 heavy (non-hydrogen) atoms. The van der Waals surface area contributed by atoms with Crippen LogP contribution in [-0.2, 0) is 16.1 Å². The molecule has 0 unspecified atom stereocenters. The summed E-state index contributed by atoms with van der Waals surface area (Å²) in [7, 11) is 0. The molecule has 0 saturated heterocycles. The van der Waals surface area contributed by atoms with E-state index in [4.69, 9.17) is 4.74 Å². The van der Waals surface area contributed by atoms with Crippen LogP contribution in [0.1, 0.15) is 59.1 Å². The summed E-state index contributed by atoms with van der Waals surface area (Å²) in [6, 6.07) is 0. The Bertz CT molecular complexity index is 538. The summed E-state index contributed by atoms with van der Waals surface area (Å²) in [5.74, 6) is -0.154. The van der Waals surface area contributed by atoms with Gasteiger partial charge in [-0.1, -0.05) is 0 Å². The van der Waals surface area contributed by atoms with E-state index < -0.39 is 0 Å². The van der Waals surface area contributed by atoms with Crippen molar-refractivity contribution in [1.82, 2.24) is 0 Å². The minimum Gasteiger partial charge on any atom is -0.461 e. The van der Waals surface area contributed by atoms with Gasteiger partial charge in [0.2, 0.25) is 0 Å². The molecule has 0 aliphatic heterocycles. The van der Waals surface area contributed by atoms with Crippen molar-refractivity contribution in [1.29, 1.82) is 0 Å². The van der Waals surface area contributed by atoms with Crippen molar-refractivity contribution in [3.05, 3.63) is 33.4 Å². The van der Waals surface area contributed by atoms with Gasteiger partial charge in [0.05, 0.1) is 12.0 Å². The van der Waals surface area contributed by atoms with Crippen LogP contribution in [-0.4, -0.2) is 17.2 Å². The van der Waals surface area contributed by atoms with E-state index in [1.54, 1.807) is 0 Å². The summed E-state index contributed by atoms with van der Waals surface area (Å²) in [6.45, 7) is 11.0. The lowest BCUT2D eigenvalue weighted by molar-refractivity contribution is -0.151. The van der Waals surface area contributed by atoms with Gasteiger partial charge in [0, 0.05) is 0 Å². The van der Waals surface area contributed by atoms with Crippen LogP contribution in [0.2, 0.25) is 0 Å². The molecule has 1 saturated carbocycles. The van der Waals surface area contributed by atoms with Crippen LogP contribution in [0, 0.1) is 40.5 Å². The minimum atomic E-state index is -0.240. The molecule has 1 aromatic carbocycles. The van der Waals surface area contributed by atoms with Crippen molar-refractivity contribution < 1.29 is 14.6 Å². The zero-order valence-corrected chi connectivity index (χ0v) is 14.5. The van der Waals surface area contributed by atoms with Crippen LogP contribution in [0.25, 0.3) is 0 Å². The van der Waals surface area contributed by atoms with Gasteiger partial charge in [-0.25, -0.2) is 0 Å². The molecule has 2 rings (SSSR count). The number of benzene rings is 1. The fraction of sp³-hybridized carbons (Fsp3) is 0.632. The fourth-order valence-corrected chi connectivity index (χ4v) is 3.37. The van der Waals surface area contributed by atoms with Crippen molar-refractivity contribution in [3.8, 4) is 0 Å². The van der Waals surface area contributed by atoms with Crippen molar-refractivity contribution in [2.24, 2.45) is 5.92 Å². The average molecular weight is 304 g/mol. The van der Waals surface area contributed by atoms with Crippen LogP contribution in [0.5, 0.6) is 0 Å². The molecule has 1 aromatic rings. The largest absolute Gasteiger partial charge is 0.461 e. The van der Waals surface area contributed by atoms with E-state index in [9.17, 15) is 9.90 Å². The van der Waals surface area contributed by atoms with E-state index in [-0.39, 0.29) is 18.0 Å². The van der Waals surface area contributed by atoms with E-state index in [1.807, 2.05) is 0 Å². The normalized spacial score (nSPS) is 21.7. The van der Waals surface area contributed by atoms with E-state index in [0.717, 1.165) is 18.4 Å². The summed E-state index contributed by atoms with van der Waals surface area (Å²) in [5, 5.41) is 9.52. The Hall–Kier alpha value is -1.35. The third kappa shape index (κ3) is 3.35.